The van der Waals surface area contributed by atoms with Gasteiger partial charge in [0.15, 0.2) is 0 Å². The number of ether oxygens (including phenoxy) is 2. The zero-order valence-corrected chi connectivity index (χ0v) is 9.00. The van der Waals surface area contributed by atoms with Crippen molar-refractivity contribution in [3.05, 3.63) is 0 Å². The lowest BCUT2D eigenvalue weighted by molar-refractivity contribution is -0.0712. The highest BCUT2D eigenvalue weighted by atomic mass is 16.5. The van der Waals surface area contributed by atoms with Crippen molar-refractivity contribution in [2.24, 2.45) is 5.92 Å². The van der Waals surface area contributed by atoms with Gasteiger partial charge in [0, 0.05) is 19.3 Å². The summed E-state index contributed by atoms with van der Waals surface area (Å²) in [6.07, 6.45) is 4.09. The molecule has 0 aromatic rings. The Labute approximate surface area is 86.2 Å². The van der Waals surface area contributed by atoms with Crippen molar-refractivity contribution in [2.75, 3.05) is 26.4 Å². The SMILES string of the molecule is CCNC1CCOCC1OCC1CC1. The fourth-order valence-electron chi connectivity index (χ4n) is 1.92. The zero-order chi connectivity index (χ0) is 9.80. The molecule has 2 fully saturated rings. The number of hydrogen-bond donors (Lipinski definition) is 1. The van der Waals surface area contributed by atoms with Gasteiger partial charge in [-0.15, -0.1) is 0 Å². The molecular formula is C11H21NO2. The van der Waals surface area contributed by atoms with Crippen molar-refractivity contribution in [3.63, 3.8) is 0 Å². The van der Waals surface area contributed by atoms with Crippen molar-refractivity contribution in [1.82, 2.24) is 5.32 Å². The molecule has 1 saturated heterocycles. The van der Waals surface area contributed by atoms with Crippen LogP contribution >= 0.6 is 0 Å². The standard InChI is InChI=1S/C11H21NO2/c1-2-12-10-5-6-13-8-11(10)14-7-9-3-4-9/h9-12H,2-8H2,1H3. The van der Waals surface area contributed by atoms with E-state index in [1.807, 2.05) is 0 Å². The molecule has 0 aromatic carbocycles. The van der Waals surface area contributed by atoms with Crippen LogP contribution in [0.4, 0.5) is 0 Å². The molecule has 0 aromatic heterocycles. The molecule has 1 saturated carbocycles. The second kappa shape index (κ2) is 5.10. The lowest BCUT2D eigenvalue weighted by Gasteiger charge is -2.32. The first-order valence-electron chi connectivity index (χ1n) is 5.83. The highest BCUT2D eigenvalue weighted by molar-refractivity contribution is 4.81. The van der Waals surface area contributed by atoms with Crippen LogP contribution in [0.15, 0.2) is 0 Å². The largest absolute Gasteiger partial charge is 0.379 e. The normalized spacial score (nSPS) is 33.2. The van der Waals surface area contributed by atoms with Crippen LogP contribution in [0.5, 0.6) is 0 Å². The first-order valence-corrected chi connectivity index (χ1v) is 5.83. The molecule has 2 unspecified atom stereocenters. The zero-order valence-electron chi connectivity index (χ0n) is 9.00. The van der Waals surface area contributed by atoms with E-state index in [0.29, 0.717) is 6.04 Å². The van der Waals surface area contributed by atoms with Gasteiger partial charge in [0.05, 0.1) is 12.7 Å². The van der Waals surface area contributed by atoms with Crippen molar-refractivity contribution in [2.45, 2.75) is 38.3 Å². The molecule has 2 rings (SSSR count). The summed E-state index contributed by atoms with van der Waals surface area (Å²) in [6, 6.07) is 0.507. The van der Waals surface area contributed by atoms with Crippen LogP contribution < -0.4 is 5.32 Å². The second-order valence-corrected chi connectivity index (χ2v) is 4.34. The van der Waals surface area contributed by atoms with Crippen molar-refractivity contribution < 1.29 is 9.47 Å². The second-order valence-electron chi connectivity index (χ2n) is 4.34. The van der Waals surface area contributed by atoms with Crippen molar-refractivity contribution in [3.8, 4) is 0 Å². The maximum absolute atomic E-state index is 5.88. The van der Waals surface area contributed by atoms with Crippen LogP contribution in [0.2, 0.25) is 0 Å². The van der Waals surface area contributed by atoms with E-state index in [9.17, 15) is 0 Å². The smallest absolute Gasteiger partial charge is 0.0961 e. The third-order valence-corrected chi connectivity index (χ3v) is 3.01. The Morgan fingerprint density at radius 1 is 1.36 bits per heavy atom. The van der Waals surface area contributed by atoms with Gasteiger partial charge in [-0.2, -0.15) is 0 Å². The summed E-state index contributed by atoms with van der Waals surface area (Å²) < 4.78 is 11.3. The predicted octanol–water partition coefficient (Wildman–Crippen LogP) is 1.18. The van der Waals surface area contributed by atoms with E-state index < -0.39 is 0 Å². The molecule has 1 heterocycles. The van der Waals surface area contributed by atoms with Gasteiger partial charge >= 0.3 is 0 Å². The summed E-state index contributed by atoms with van der Waals surface area (Å²) in [5.41, 5.74) is 0. The van der Waals surface area contributed by atoms with Crippen molar-refractivity contribution >= 4 is 0 Å². The minimum Gasteiger partial charge on any atom is -0.379 e. The molecule has 3 nitrogen and oxygen atoms in total. The van der Waals surface area contributed by atoms with E-state index in [0.717, 1.165) is 38.7 Å². The van der Waals surface area contributed by atoms with Crippen LogP contribution in [-0.4, -0.2) is 38.5 Å². The molecule has 0 radical (unpaired) electrons. The van der Waals surface area contributed by atoms with Crippen LogP contribution in [0.3, 0.4) is 0 Å². The monoisotopic (exact) mass is 199 g/mol. The molecule has 1 aliphatic carbocycles. The van der Waals surface area contributed by atoms with Gasteiger partial charge in [-0.1, -0.05) is 6.92 Å². The van der Waals surface area contributed by atoms with Crippen LogP contribution in [0.25, 0.3) is 0 Å². The fourth-order valence-corrected chi connectivity index (χ4v) is 1.92. The van der Waals surface area contributed by atoms with E-state index in [4.69, 9.17) is 9.47 Å². The van der Waals surface area contributed by atoms with Gasteiger partial charge in [0.25, 0.3) is 0 Å². The van der Waals surface area contributed by atoms with Crippen LogP contribution in [0.1, 0.15) is 26.2 Å². The summed E-state index contributed by atoms with van der Waals surface area (Å²) in [5.74, 6) is 0.846. The van der Waals surface area contributed by atoms with E-state index >= 15 is 0 Å². The maximum Gasteiger partial charge on any atom is 0.0961 e. The molecular weight excluding hydrogens is 178 g/mol. The summed E-state index contributed by atoms with van der Waals surface area (Å²) in [7, 11) is 0. The summed E-state index contributed by atoms with van der Waals surface area (Å²) in [4.78, 5) is 0. The summed E-state index contributed by atoms with van der Waals surface area (Å²) in [5, 5.41) is 3.47. The molecule has 0 bridgehead atoms. The molecule has 1 aliphatic heterocycles. The molecule has 82 valence electrons. The van der Waals surface area contributed by atoms with Crippen LogP contribution in [-0.2, 0) is 9.47 Å². The van der Waals surface area contributed by atoms with E-state index in [2.05, 4.69) is 12.2 Å². The summed E-state index contributed by atoms with van der Waals surface area (Å²) in [6.45, 7) is 5.75. The molecule has 0 spiro atoms. The van der Waals surface area contributed by atoms with Gasteiger partial charge in [-0.05, 0) is 31.7 Å². The maximum atomic E-state index is 5.88. The first kappa shape index (κ1) is 10.4. The number of nitrogens with one attached hydrogen (secondary N) is 1. The lowest BCUT2D eigenvalue weighted by Crippen LogP contribution is -2.48. The molecule has 2 aliphatic rings. The van der Waals surface area contributed by atoms with Crippen molar-refractivity contribution in [1.29, 1.82) is 0 Å². The quantitative estimate of drug-likeness (QED) is 0.721. The average molecular weight is 199 g/mol. The van der Waals surface area contributed by atoms with E-state index in [1.165, 1.54) is 12.8 Å². The average Bonchev–Trinajstić information content (AvgIpc) is 3.01. The fraction of sp³-hybridized carbons (Fsp3) is 1.00. The van der Waals surface area contributed by atoms with Gasteiger partial charge in [0.1, 0.15) is 0 Å². The Morgan fingerprint density at radius 3 is 2.93 bits per heavy atom. The van der Waals surface area contributed by atoms with E-state index in [-0.39, 0.29) is 6.10 Å². The minimum atomic E-state index is 0.282. The van der Waals surface area contributed by atoms with Gasteiger partial charge in [0.2, 0.25) is 0 Å². The molecule has 0 amide bonds. The Morgan fingerprint density at radius 2 is 2.21 bits per heavy atom. The Hall–Kier alpha value is -0.120. The van der Waals surface area contributed by atoms with Gasteiger partial charge < -0.3 is 14.8 Å². The highest BCUT2D eigenvalue weighted by Gasteiger charge is 2.28. The molecule has 1 N–H and O–H groups in total. The third kappa shape index (κ3) is 2.94. The Kier molecular flexibility index (Phi) is 3.79. The van der Waals surface area contributed by atoms with Gasteiger partial charge in [-0.25, -0.2) is 0 Å². The molecule has 2 atom stereocenters. The Balaban J connectivity index is 1.72. The topological polar surface area (TPSA) is 30.5 Å². The first-order chi connectivity index (χ1) is 6.90. The summed E-state index contributed by atoms with van der Waals surface area (Å²) >= 11 is 0. The predicted molar refractivity (Wildman–Crippen MR) is 55.4 cm³/mol. The number of likely N-dealkylation sites (N-methyl/N-ethyl adjacent to an activating group) is 1. The number of hydrogen-bond acceptors (Lipinski definition) is 3. The Bertz CT molecular complexity index is 169. The van der Waals surface area contributed by atoms with Crippen LogP contribution in [0, 0.1) is 5.92 Å². The molecule has 3 heteroatoms. The lowest BCUT2D eigenvalue weighted by atomic mass is 10.1. The van der Waals surface area contributed by atoms with Gasteiger partial charge in [-0.3, -0.25) is 0 Å². The number of rotatable bonds is 5. The minimum absolute atomic E-state index is 0.282. The highest BCUT2D eigenvalue weighted by Crippen LogP contribution is 2.29. The van der Waals surface area contributed by atoms with E-state index in [1.54, 1.807) is 0 Å². The third-order valence-electron chi connectivity index (χ3n) is 3.01. The molecule has 14 heavy (non-hydrogen) atoms.